The highest BCUT2D eigenvalue weighted by atomic mass is 35.5. The van der Waals surface area contributed by atoms with Gasteiger partial charge in [-0.1, -0.05) is 23.7 Å². The first-order chi connectivity index (χ1) is 9.60. The third kappa shape index (κ3) is 3.28. The first-order valence-corrected chi connectivity index (χ1v) is 6.12. The number of nitriles is 1. The molecule has 0 aliphatic carbocycles. The van der Waals surface area contributed by atoms with Gasteiger partial charge in [0.2, 0.25) is 0 Å². The molecule has 100 valence electrons. The maximum absolute atomic E-state index is 10.8. The molecule has 1 N–H and O–H groups in total. The molecule has 0 saturated heterocycles. The molecule has 0 unspecified atom stereocenters. The molecule has 0 fully saturated rings. The molecule has 2 aromatic carbocycles. The third-order valence-corrected chi connectivity index (χ3v) is 3.01. The highest BCUT2D eigenvalue weighted by Crippen LogP contribution is 2.21. The smallest absolute Gasteiger partial charge is 0.335 e. The van der Waals surface area contributed by atoms with Crippen molar-refractivity contribution in [3.8, 4) is 11.8 Å². The molecule has 0 spiro atoms. The number of benzene rings is 2. The second-order valence-corrected chi connectivity index (χ2v) is 4.45. The largest absolute Gasteiger partial charge is 0.489 e. The molecule has 0 amide bonds. The van der Waals surface area contributed by atoms with E-state index in [0.717, 1.165) is 5.56 Å². The number of ether oxygens (including phenoxy) is 1. The molecule has 5 heteroatoms. The van der Waals surface area contributed by atoms with Gasteiger partial charge in [-0.15, -0.1) is 0 Å². The minimum absolute atomic E-state index is 0.161. The molecule has 0 aliphatic rings. The van der Waals surface area contributed by atoms with Crippen molar-refractivity contribution in [1.29, 1.82) is 5.26 Å². The predicted molar refractivity (Wildman–Crippen MR) is 73.9 cm³/mol. The first-order valence-electron chi connectivity index (χ1n) is 5.75. The van der Waals surface area contributed by atoms with Crippen LogP contribution in [0.3, 0.4) is 0 Å². The highest BCUT2D eigenvalue weighted by Gasteiger charge is 2.06. The standard InChI is InChI=1S/C15H10ClNO3/c16-14-6-10(8-17)4-5-12(14)9-20-13-3-1-2-11(7-13)15(18)19/h1-7H,9H2,(H,18,19). The second kappa shape index (κ2) is 6.09. The van der Waals surface area contributed by atoms with E-state index in [1.165, 1.54) is 12.1 Å². The Morgan fingerprint density at radius 2 is 2.10 bits per heavy atom. The van der Waals surface area contributed by atoms with Crippen LogP contribution in [0.4, 0.5) is 0 Å². The molecule has 0 bridgehead atoms. The number of aromatic carboxylic acids is 1. The quantitative estimate of drug-likeness (QED) is 0.934. The Morgan fingerprint density at radius 1 is 1.30 bits per heavy atom. The Balaban J connectivity index is 2.11. The highest BCUT2D eigenvalue weighted by molar-refractivity contribution is 6.31. The molecule has 0 atom stereocenters. The van der Waals surface area contributed by atoms with E-state index >= 15 is 0 Å². The van der Waals surface area contributed by atoms with Gasteiger partial charge < -0.3 is 9.84 Å². The van der Waals surface area contributed by atoms with Crippen molar-refractivity contribution in [3.63, 3.8) is 0 Å². The van der Waals surface area contributed by atoms with Gasteiger partial charge in [0.25, 0.3) is 0 Å². The third-order valence-electron chi connectivity index (χ3n) is 2.66. The van der Waals surface area contributed by atoms with Gasteiger partial charge in [-0.3, -0.25) is 0 Å². The van der Waals surface area contributed by atoms with Gasteiger partial charge in [-0.2, -0.15) is 5.26 Å². The van der Waals surface area contributed by atoms with Crippen LogP contribution in [-0.2, 0) is 6.61 Å². The zero-order valence-electron chi connectivity index (χ0n) is 10.3. The summed E-state index contributed by atoms with van der Waals surface area (Å²) in [5, 5.41) is 18.1. The van der Waals surface area contributed by atoms with Gasteiger partial charge in [0.1, 0.15) is 12.4 Å². The molecule has 0 radical (unpaired) electrons. The van der Waals surface area contributed by atoms with E-state index in [2.05, 4.69) is 0 Å². The van der Waals surface area contributed by atoms with Crippen molar-refractivity contribution in [1.82, 2.24) is 0 Å². The number of carboxylic acids is 1. The van der Waals surface area contributed by atoms with Crippen LogP contribution >= 0.6 is 11.6 Å². The van der Waals surface area contributed by atoms with Gasteiger partial charge in [0, 0.05) is 10.6 Å². The lowest BCUT2D eigenvalue weighted by Crippen LogP contribution is -1.99. The number of carboxylic acid groups (broad SMARTS) is 1. The maximum Gasteiger partial charge on any atom is 0.335 e. The van der Waals surface area contributed by atoms with Crippen LogP contribution in [-0.4, -0.2) is 11.1 Å². The van der Waals surface area contributed by atoms with Crippen molar-refractivity contribution in [2.75, 3.05) is 0 Å². The summed E-state index contributed by atoms with van der Waals surface area (Å²) in [5.41, 5.74) is 1.37. The number of carbonyl (C=O) groups is 1. The van der Waals surface area contributed by atoms with E-state index in [1.54, 1.807) is 30.3 Å². The monoisotopic (exact) mass is 287 g/mol. The van der Waals surface area contributed by atoms with E-state index in [0.29, 0.717) is 16.3 Å². The number of hydrogen-bond donors (Lipinski definition) is 1. The zero-order chi connectivity index (χ0) is 14.5. The molecule has 4 nitrogen and oxygen atoms in total. The Morgan fingerprint density at radius 3 is 2.75 bits per heavy atom. The fraction of sp³-hybridized carbons (Fsp3) is 0.0667. The summed E-state index contributed by atoms with van der Waals surface area (Å²) in [6, 6.07) is 13.1. The molecule has 0 saturated carbocycles. The van der Waals surface area contributed by atoms with Crippen molar-refractivity contribution < 1.29 is 14.6 Å². The number of halogens is 1. The summed E-state index contributed by atoms with van der Waals surface area (Å²) < 4.78 is 5.51. The van der Waals surface area contributed by atoms with Gasteiger partial charge in [0.15, 0.2) is 0 Å². The summed E-state index contributed by atoms with van der Waals surface area (Å²) in [4.78, 5) is 10.8. The lowest BCUT2D eigenvalue weighted by atomic mass is 10.1. The minimum atomic E-state index is -1.01. The van der Waals surface area contributed by atoms with E-state index in [4.69, 9.17) is 26.7 Å². The minimum Gasteiger partial charge on any atom is -0.489 e. The number of nitrogens with zero attached hydrogens (tertiary/aromatic N) is 1. The Labute approximate surface area is 120 Å². The Kier molecular flexibility index (Phi) is 4.24. The summed E-state index contributed by atoms with van der Waals surface area (Å²) in [6.45, 7) is 0.202. The Hall–Kier alpha value is -2.51. The van der Waals surface area contributed by atoms with Crippen LogP contribution in [0.1, 0.15) is 21.5 Å². The van der Waals surface area contributed by atoms with Crippen LogP contribution < -0.4 is 4.74 Å². The van der Waals surface area contributed by atoms with E-state index in [1.807, 2.05) is 6.07 Å². The van der Waals surface area contributed by atoms with Crippen molar-refractivity contribution in [2.24, 2.45) is 0 Å². The second-order valence-electron chi connectivity index (χ2n) is 4.04. The fourth-order valence-corrected chi connectivity index (χ4v) is 1.85. The van der Waals surface area contributed by atoms with Crippen LogP contribution in [0, 0.1) is 11.3 Å². The van der Waals surface area contributed by atoms with E-state index in [-0.39, 0.29) is 12.2 Å². The van der Waals surface area contributed by atoms with Crippen molar-refractivity contribution in [2.45, 2.75) is 6.61 Å². The average Bonchev–Trinajstić information content (AvgIpc) is 2.46. The molecule has 0 aromatic heterocycles. The lowest BCUT2D eigenvalue weighted by molar-refractivity contribution is 0.0696. The molecule has 2 rings (SSSR count). The SMILES string of the molecule is N#Cc1ccc(COc2cccc(C(=O)O)c2)c(Cl)c1. The van der Waals surface area contributed by atoms with Crippen LogP contribution in [0.25, 0.3) is 0 Å². The van der Waals surface area contributed by atoms with Gasteiger partial charge in [0.05, 0.1) is 17.2 Å². The first kappa shape index (κ1) is 13.9. The maximum atomic E-state index is 10.8. The number of hydrogen-bond acceptors (Lipinski definition) is 3. The van der Waals surface area contributed by atoms with Gasteiger partial charge in [-0.05, 0) is 30.3 Å². The lowest BCUT2D eigenvalue weighted by Gasteiger charge is -2.08. The van der Waals surface area contributed by atoms with Crippen LogP contribution in [0.5, 0.6) is 5.75 Å². The van der Waals surface area contributed by atoms with Crippen molar-refractivity contribution >= 4 is 17.6 Å². The van der Waals surface area contributed by atoms with Crippen LogP contribution in [0.15, 0.2) is 42.5 Å². The molecule has 0 heterocycles. The molecule has 0 aliphatic heterocycles. The summed E-state index contributed by atoms with van der Waals surface area (Å²) in [5.74, 6) is -0.558. The Bertz CT molecular complexity index is 692. The molecular weight excluding hydrogens is 278 g/mol. The van der Waals surface area contributed by atoms with Crippen molar-refractivity contribution in [3.05, 3.63) is 64.2 Å². The van der Waals surface area contributed by atoms with E-state index < -0.39 is 5.97 Å². The summed E-state index contributed by atoms with van der Waals surface area (Å²) in [7, 11) is 0. The normalized spacial score (nSPS) is 9.80. The van der Waals surface area contributed by atoms with E-state index in [9.17, 15) is 4.79 Å². The number of rotatable bonds is 4. The fourth-order valence-electron chi connectivity index (χ4n) is 1.61. The molecular formula is C15H10ClNO3. The van der Waals surface area contributed by atoms with Gasteiger partial charge in [-0.25, -0.2) is 4.79 Å². The molecule has 2 aromatic rings. The molecule has 20 heavy (non-hydrogen) atoms. The van der Waals surface area contributed by atoms with Crippen LogP contribution in [0.2, 0.25) is 5.02 Å². The predicted octanol–water partition coefficient (Wildman–Crippen LogP) is 3.49. The summed E-state index contributed by atoms with van der Waals surface area (Å²) >= 11 is 6.03. The average molecular weight is 288 g/mol. The summed E-state index contributed by atoms with van der Waals surface area (Å²) in [6.07, 6.45) is 0. The topological polar surface area (TPSA) is 70.3 Å². The zero-order valence-corrected chi connectivity index (χ0v) is 11.1. The van der Waals surface area contributed by atoms with Gasteiger partial charge >= 0.3 is 5.97 Å².